The molecule has 1 aromatic heterocycles. The van der Waals surface area contributed by atoms with E-state index in [0.29, 0.717) is 30.1 Å². The zero-order chi connectivity index (χ0) is 25.6. The molecule has 1 aromatic carbocycles. The van der Waals surface area contributed by atoms with Crippen LogP contribution in [0.25, 0.3) is 0 Å². The van der Waals surface area contributed by atoms with Crippen LogP contribution < -0.4 is 15.3 Å². The molecule has 0 radical (unpaired) electrons. The number of hydrogen-bond acceptors (Lipinski definition) is 7. The van der Waals surface area contributed by atoms with Gasteiger partial charge in [-0.3, -0.25) is 0 Å². The van der Waals surface area contributed by atoms with Crippen LogP contribution in [0.15, 0.2) is 18.2 Å². The van der Waals surface area contributed by atoms with Crippen LogP contribution in [0.2, 0.25) is 5.28 Å². The lowest BCUT2D eigenvalue weighted by atomic mass is 9.89. The monoisotopic (exact) mass is 531 g/mol. The van der Waals surface area contributed by atoms with E-state index in [4.69, 9.17) is 11.6 Å². The molecule has 1 aliphatic carbocycles. The number of anilines is 2. The molecule has 1 atom stereocenters. The summed E-state index contributed by atoms with van der Waals surface area (Å²) in [7, 11) is 0. The van der Waals surface area contributed by atoms with Gasteiger partial charge in [0, 0.05) is 48.7 Å². The van der Waals surface area contributed by atoms with Gasteiger partial charge in [0.25, 0.3) is 0 Å². The predicted octanol–water partition coefficient (Wildman–Crippen LogP) is 5.43. The van der Waals surface area contributed by atoms with Gasteiger partial charge < -0.3 is 20.1 Å². The van der Waals surface area contributed by atoms with E-state index < -0.39 is 24.5 Å². The maximum Gasteiger partial charge on any atom is 0.396 e. The predicted molar refractivity (Wildman–Crippen MR) is 131 cm³/mol. The smallest absolute Gasteiger partial charge is 0.396 e. The second-order valence-corrected chi connectivity index (χ2v) is 10.5. The van der Waals surface area contributed by atoms with Crippen LogP contribution in [-0.2, 0) is 11.2 Å². The summed E-state index contributed by atoms with van der Waals surface area (Å²) in [6.45, 7) is 5.46. The van der Waals surface area contributed by atoms with E-state index in [9.17, 15) is 23.1 Å². The van der Waals surface area contributed by atoms with Crippen LogP contribution in [0.3, 0.4) is 0 Å². The number of nitrogens with one attached hydrogen (secondary N) is 1. The van der Waals surface area contributed by atoms with Gasteiger partial charge in [0.05, 0.1) is 5.92 Å². The van der Waals surface area contributed by atoms with Crippen molar-refractivity contribution in [2.45, 2.75) is 76.9 Å². The Morgan fingerprint density at radius 1 is 1.29 bits per heavy atom. The first-order chi connectivity index (χ1) is 16.5. The summed E-state index contributed by atoms with van der Waals surface area (Å²) in [6, 6.07) is 5.00. The van der Waals surface area contributed by atoms with Gasteiger partial charge in [0.2, 0.25) is 10.4 Å². The molecule has 2 aromatic rings. The number of aromatic nitrogens is 2. The Balaban J connectivity index is 1.96. The molecule has 35 heavy (non-hydrogen) atoms. The number of aliphatic carboxylic acids is 1. The molecule has 1 N–H and O–H groups in total. The number of carbonyl (C=O) groups excluding carboxylic acids is 1. The molecule has 3 rings (SSSR count). The summed E-state index contributed by atoms with van der Waals surface area (Å²) in [4.78, 5) is 17.5. The number of alkyl halides is 3. The number of carboxylic acid groups (broad SMARTS) is 1. The van der Waals surface area contributed by atoms with E-state index in [0.717, 1.165) is 55.0 Å². The minimum absolute atomic E-state index is 0.0625. The number of nitrogens with zero attached hydrogens (tertiary/aromatic N) is 3. The molecule has 0 spiro atoms. The summed E-state index contributed by atoms with van der Waals surface area (Å²) >= 11 is 6.89. The number of benzene rings is 1. The Kier molecular flexibility index (Phi) is 9.63. The van der Waals surface area contributed by atoms with Gasteiger partial charge in [0.1, 0.15) is 0 Å². The second-order valence-electron chi connectivity index (χ2n) is 9.44. The minimum Gasteiger partial charge on any atom is -0.550 e. The maximum absolute atomic E-state index is 13.8. The number of carbonyl (C=O) groups is 1. The number of carboxylic acids is 1. The van der Waals surface area contributed by atoms with Gasteiger partial charge in [-0.15, -0.1) is 0 Å². The molecule has 1 unspecified atom stereocenters. The third kappa shape index (κ3) is 7.96. The molecule has 194 valence electrons. The highest BCUT2D eigenvalue weighted by Crippen LogP contribution is 2.40. The Morgan fingerprint density at radius 3 is 2.57 bits per heavy atom. The summed E-state index contributed by atoms with van der Waals surface area (Å²) in [6.07, 6.45) is 0.183. The number of hydrogen-bond donors (Lipinski definition) is 1. The fraction of sp³-hybridized carbons (Fsp3) is 0.625. The lowest BCUT2D eigenvalue weighted by Gasteiger charge is -2.39. The van der Waals surface area contributed by atoms with Gasteiger partial charge in [-0.1, -0.05) is 45.2 Å². The van der Waals surface area contributed by atoms with Gasteiger partial charge in [-0.25, -0.2) is 0 Å². The van der Waals surface area contributed by atoms with Gasteiger partial charge in [-0.2, -0.15) is 22.5 Å². The topological polar surface area (TPSA) is 81.2 Å². The quantitative estimate of drug-likeness (QED) is 0.416. The Bertz CT molecular complexity index is 980. The number of rotatable bonds is 11. The third-order valence-corrected chi connectivity index (χ3v) is 7.17. The summed E-state index contributed by atoms with van der Waals surface area (Å²) in [5, 5.41) is 14.9. The van der Waals surface area contributed by atoms with Crippen molar-refractivity contribution in [3.05, 3.63) is 34.6 Å². The molecule has 1 heterocycles. The van der Waals surface area contributed by atoms with Crippen molar-refractivity contribution in [1.82, 2.24) is 9.36 Å². The van der Waals surface area contributed by atoms with Crippen LogP contribution in [0, 0.1) is 5.92 Å². The van der Waals surface area contributed by atoms with E-state index in [1.54, 1.807) is 6.07 Å². The molecule has 0 bridgehead atoms. The standard InChI is InChI=1S/C24H32ClF3N4O2S/c1-15(2)14-32(18-6-4-3-5-7-18)20-9-8-16(19(13-21(33)34)24(26,27)28)12-17(20)10-11-29-23-30-22(25)31-35-23/h8-9,12,15,18-19H,3-7,10-11,13-14H2,1-2H3,(H,33,34)(H,29,30,31)/p-1. The normalized spacial score (nSPS) is 15.9. The highest BCUT2D eigenvalue weighted by atomic mass is 35.5. The SMILES string of the molecule is CC(C)CN(c1ccc(C(CC(=O)[O-])C(F)(F)F)cc1CCNc1nc(Cl)ns1)C1CCCCC1. The Labute approximate surface area is 213 Å². The van der Waals surface area contributed by atoms with Crippen molar-refractivity contribution in [1.29, 1.82) is 0 Å². The molecule has 6 nitrogen and oxygen atoms in total. The van der Waals surface area contributed by atoms with Crippen LogP contribution in [0.1, 0.15) is 69.4 Å². The highest BCUT2D eigenvalue weighted by molar-refractivity contribution is 7.09. The third-order valence-electron chi connectivity index (χ3n) is 6.23. The van der Waals surface area contributed by atoms with E-state index in [2.05, 4.69) is 33.4 Å². The Hall–Kier alpha value is -2.07. The molecular formula is C24H31ClF3N4O2S-. The summed E-state index contributed by atoms with van der Waals surface area (Å²) in [5.41, 5.74) is 1.58. The molecule has 1 fully saturated rings. The van der Waals surface area contributed by atoms with Gasteiger partial charge in [-0.05, 0) is 54.0 Å². The van der Waals surface area contributed by atoms with Gasteiger partial charge in [0.15, 0.2) is 0 Å². The lowest BCUT2D eigenvalue weighted by Crippen LogP contribution is -2.40. The van der Waals surface area contributed by atoms with Crippen molar-refractivity contribution in [3.63, 3.8) is 0 Å². The highest BCUT2D eigenvalue weighted by Gasteiger charge is 2.41. The average molecular weight is 532 g/mol. The summed E-state index contributed by atoms with van der Waals surface area (Å²) in [5.74, 6) is -3.48. The van der Waals surface area contributed by atoms with Crippen LogP contribution >= 0.6 is 23.1 Å². The second kappa shape index (κ2) is 12.3. The van der Waals surface area contributed by atoms with Crippen molar-refractivity contribution in [2.24, 2.45) is 5.92 Å². The van der Waals surface area contributed by atoms with Crippen LogP contribution in [-0.4, -0.2) is 40.6 Å². The lowest BCUT2D eigenvalue weighted by molar-refractivity contribution is -0.308. The average Bonchev–Trinajstić information content (AvgIpc) is 3.20. The van der Waals surface area contributed by atoms with E-state index in [1.807, 2.05) is 0 Å². The molecule has 11 heteroatoms. The first-order valence-corrected chi connectivity index (χ1v) is 13.1. The van der Waals surface area contributed by atoms with Crippen molar-refractivity contribution >= 4 is 39.9 Å². The van der Waals surface area contributed by atoms with Crippen molar-refractivity contribution < 1.29 is 23.1 Å². The number of halogens is 4. The van der Waals surface area contributed by atoms with Crippen LogP contribution in [0.5, 0.6) is 0 Å². The first-order valence-electron chi connectivity index (χ1n) is 11.9. The van der Waals surface area contributed by atoms with E-state index in [1.165, 1.54) is 18.6 Å². The molecule has 0 saturated heterocycles. The zero-order valence-corrected chi connectivity index (χ0v) is 21.5. The fourth-order valence-electron chi connectivity index (χ4n) is 4.70. The molecule has 0 aliphatic heterocycles. The van der Waals surface area contributed by atoms with Crippen LogP contribution in [0.4, 0.5) is 24.0 Å². The van der Waals surface area contributed by atoms with Crippen molar-refractivity contribution in [2.75, 3.05) is 23.3 Å². The molecule has 1 aliphatic rings. The van der Waals surface area contributed by atoms with Crippen molar-refractivity contribution in [3.8, 4) is 0 Å². The maximum atomic E-state index is 13.8. The van der Waals surface area contributed by atoms with Gasteiger partial charge >= 0.3 is 6.18 Å². The molecular weight excluding hydrogens is 501 g/mol. The zero-order valence-electron chi connectivity index (χ0n) is 19.9. The fourth-order valence-corrected chi connectivity index (χ4v) is 5.44. The molecule has 0 amide bonds. The Morgan fingerprint density at radius 2 is 2.00 bits per heavy atom. The largest absolute Gasteiger partial charge is 0.550 e. The van der Waals surface area contributed by atoms with E-state index in [-0.39, 0.29) is 10.8 Å². The minimum atomic E-state index is -4.69. The molecule has 1 saturated carbocycles. The summed E-state index contributed by atoms with van der Waals surface area (Å²) < 4.78 is 45.2. The first kappa shape index (κ1) is 27.5. The van der Waals surface area contributed by atoms with E-state index >= 15 is 0 Å².